The molecule has 0 saturated heterocycles. The molecule has 0 aliphatic carbocycles. The quantitative estimate of drug-likeness (QED) is 0.653. The van der Waals surface area contributed by atoms with Crippen LogP contribution in [0.4, 0.5) is 11.4 Å². The lowest BCUT2D eigenvalue weighted by Gasteiger charge is -2.12. The summed E-state index contributed by atoms with van der Waals surface area (Å²) in [6, 6.07) is 15.1. The fourth-order valence-corrected chi connectivity index (χ4v) is 1.94. The summed E-state index contributed by atoms with van der Waals surface area (Å²) in [5.74, 6) is 0.600. The van der Waals surface area contributed by atoms with Gasteiger partial charge in [0.05, 0.1) is 7.11 Å². The minimum absolute atomic E-state index is 0.0729. The van der Waals surface area contributed by atoms with Crippen LogP contribution in [0.2, 0.25) is 0 Å². The van der Waals surface area contributed by atoms with E-state index < -0.39 is 0 Å². The maximum Gasteiger partial charge on any atom is 0.187 e. The molecule has 1 N–H and O–H groups in total. The number of benzene rings is 2. The molecule has 114 valence electrons. The molecule has 4 heteroatoms. The van der Waals surface area contributed by atoms with Crippen LogP contribution in [0.5, 0.6) is 5.75 Å². The van der Waals surface area contributed by atoms with Crippen LogP contribution in [0, 0.1) is 0 Å². The van der Waals surface area contributed by atoms with Gasteiger partial charge in [0.1, 0.15) is 5.75 Å². The monoisotopic (exact) mass is 296 g/mol. The molecule has 0 aliphatic rings. The highest BCUT2D eigenvalue weighted by Crippen LogP contribution is 2.16. The number of allylic oxidation sites excluding steroid dienone is 1. The molecule has 0 fully saturated rings. The van der Waals surface area contributed by atoms with E-state index in [1.165, 1.54) is 6.08 Å². The Labute approximate surface area is 131 Å². The van der Waals surface area contributed by atoms with Gasteiger partial charge in [-0.3, -0.25) is 4.79 Å². The Balaban J connectivity index is 1.98. The third-order valence-electron chi connectivity index (χ3n) is 3.22. The second kappa shape index (κ2) is 7.31. The van der Waals surface area contributed by atoms with E-state index >= 15 is 0 Å². The molecule has 0 radical (unpaired) electrons. The van der Waals surface area contributed by atoms with Gasteiger partial charge >= 0.3 is 0 Å². The predicted molar refractivity (Wildman–Crippen MR) is 90.9 cm³/mol. The first-order valence-corrected chi connectivity index (χ1v) is 6.99. The number of carbonyl (C=O) groups excluding carboxylic acids is 1. The average molecular weight is 296 g/mol. The maximum absolute atomic E-state index is 12.1. The van der Waals surface area contributed by atoms with Crippen molar-refractivity contribution in [1.29, 1.82) is 0 Å². The number of rotatable bonds is 6. The van der Waals surface area contributed by atoms with Crippen LogP contribution < -0.4 is 15.0 Å². The number of ketones is 1. The Hall–Kier alpha value is -2.75. The van der Waals surface area contributed by atoms with E-state index in [4.69, 9.17) is 4.74 Å². The number of ether oxygens (including phenoxy) is 1. The van der Waals surface area contributed by atoms with E-state index in [1.807, 2.05) is 49.3 Å². The molecule has 0 amide bonds. The van der Waals surface area contributed by atoms with Crippen LogP contribution in [0.15, 0.2) is 60.8 Å². The molecule has 0 unspecified atom stereocenters. The second-order valence-corrected chi connectivity index (χ2v) is 5.02. The molecule has 4 nitrogen and oxygen atoms in total. The standard InChI is InChI=1S/C18H20N2O2/c1-20(2)16-9-7-15(8-10-16)19-12-11-18(21)14-5-4-6-17(13-14)22-3/h4-13,19H,1-3H3. The van der Waals surface area contributed by atoms with Crippen molar-refractivity contribution in [3.63, 3.8) is 0 Å². The van der Waals surface area contributed by atoms with Gasteiger partial charge in [-0.15, -0.1) is 0 Å². The van der Waals surface area contributed by atoms with Crippen LogP contribution in [-0.2, 0) is 0 Å². The van der Waals surface area contributed by atoms with E-state index in [-0.39, 0.29) is 5.78 Å². The molecule has 2 rings (SSSR count). The summed E-state index contributed by atoms with van der Waals surface area (Å²) in [7, 11) is 5.57. The van der Waals surface area contributed by atoms with Gasteiger partial charge < -0.3 is 15.0 Å². The first kappa shape index (κ1) is 15.6. The molecule has 22 heavy (non-hydrogen) atoms. The van der Waals surface area contributed by atoms with Crippen LogP contribution in [0.3, 0.4) is 0 Å². The number of hydrogen-bond acceptors (Lipinski definition) is 4. The van der Waals surface area contributed by atoms with Crippen molar-refractivity contribution in [3.8, 4) is 5.75 Å². The Kier molecular flexibility index (Phi) is 5.20. The van der Waals surface area contributed by atoms with E-state index in [2.05, 4.69) is 5.32 Å². The maximum atomic E-state index is 12.1. The topological polar surface area (TPSA) is 41.6 Å². The van der Waals surface area contributed by atoms with Gasteiger partial charge in [-0.05, 0) is 36.4 Å². The van der Waals surface area contributed by atoms with Gasteiger partial charge in [-0.2, -0.15) is 0 Å². The fourth-order valence-electron chi connectivity index (χ4n) is 1.94. The number of nitrogens with one attached hydrogen (secondary N) is 1. The van der Waals surface area contributed by atoms with Crippen molar-refractivity contribution >= 4 is 17.2 Å². The van der Waals surface area contributed by atoms with Crippen molar-refractivity contribution < 1.29 is 9.53 Å². The molecular formula is C18H20N2O2. The number of carbonyl (C=O) groups is 1. The molecule has 2 aromatic carbocycles. The fraction of sp³-hybridized carbons (Fsp3) is 0.167. The van der Waals surface area contributed by atoms with Gasteiger partial charge in [0.15, 0.2) is 5.78 Å². The summed E-state index contributed by atoms with van der Waals surface area (Å²) in [5, 5.41) is 3.09. The highest BCUT2D eigenvalue weighted by atomic mass is 16.5. The smallest absolute Gasteiger partial charge is 0.187 e. The van der Waals surface area contributed by atoms with Gasteiger partial charge in [-0.25, -0.2) is 0 Å². The molecule has 2 aromatic rings. The first-order chi connectivity index (χ1) is 10.6. The Morgan fingerprint density at radius 2 is 1.86 bits per heavy atom. The molecular weight excluding hydrogens is 276 g/mol. The molecule has 0 atom stereocenters. The summed E-state index contributed by atoms with van der Waals surface area (Å²) in [4.78, 5) is 14.1. The zero-order valence-electron chi connectivity index (χ0n) is 13.0. The summed E-state index contributed by atoms with van der Waals surface area (Å²) in [6.45, 7) is 0. The SMILES string of the molecule is COc1cccc(C(=O)C=CNc2ccc(N(C)C)cc2)c1. The van der Waals surface area contributed by atoms with Crippen molar-refractivity contribution in [2.24, 2.45) is 0 Å². The third-order valence-corrected chi connectivity index (χ3v) is 3.22. The van der Waals surface area contributed by atoms with Crippen molar-refractivity contribution in [1.82, 2.24) is 0 Å². The second-order valence-electron chi connectivity index (χ2n) is 5.02. The lowest BCUT2D eigenvalue weighted by atomic mass is 10.1. The highest BCUT2D eigenvalue weighted by molar-refractivity contribution is 6.04. The summed E-state index contributed by atoms with van der Waals surface area (Å²) >= 11 is 0. The molecule has 0 aliphatic heterocycles. The van der Waals surface area contributed by atoms with Gasteiger partial charge in [-0.1, -0.05) is 12.1 Å². The minimum atomic E-state index is -0.0729. The van der Waals surface area contributed by atoms with Crippen LogP contribution in [-0.4, -0.2) is 27.0 Å². The first-order valence-electron chi connectivity index (χ1n) is 6.99. The zero-order chi connectivity index (χ0) is 15.9. The van der Waals surface area contributed by atoms with E-state index in [9.17, 15) is 4.79 Å². The van der Waals surface area contributed by atoms with Crippen LogP contribution in [0.25, 0.3) is 0 Å². The predicted octanol–water partition coefficient (Wildman–Crippen LogP) is 3.57. The van der Waals surface area contributed by atoms with Gasteiger partial charge in [0.2, 0.25) is 0 Å². The Morgan fingerprint density at radius 3 is 2.50 bits per heavy atom. The number of methoxy groups -OCH3 is 1. The van der Waals surface area contributed by atoms with E-state index in [1.54, 1.807) is 31.5 Å². The molecule has 0 spiro atoms. The van der Waals surface area contributed by atoms with Crippen molar-refractivity contribution in [2.45, 2.75) is 0 Å². The van der Waals surface area contributed by atoms with Gasteiger partial charge in [0.25, 0.3) is 0 Å². The van der Waals surface area contributed by atoms with E-state index in [0.29, 0.717) is 11.3 Å². The van der Waals surface area contributed by atoms with E-state index in [0.717, 1.165) is 11.4 Å². The third kappa shape index (κ3) is 4.12. The Bertz CT molecular complexity index is 661. The highest BCUT2D eigenvalue weighted by Gasteiger charge is 2.02. The molecule has 0 saturated carbocycles. The zero-order valence-corrected chi connectivity index (χ0v) is 13.0. The van der Waals surface area contributed by atoms with Crippen LogP contribution in [0.1, 0.15) is 10.4 Å². The molecule has 0 aromatic heterocycles. The minimum Gasteiger partial charge on any atom is -0.497 e. The average Bonchev–Trinajstić information content (AvgIpc) is 2.55. The lowest BCUT2D eigenvalue weighted by Crippen LogP contribution is -2.08. The molecule has 0 bridgehead atoms. The molecule has 0 heterocycles. The van der Waals surface area contributed by atoms with Crippen LogP contribution >= 0.6 is 0 Å². The normalized spacial score (nSPS) is 10.5. The van der Waals surface area contributed by atoms with Gasteiger partial charge in [0, 0.05) is 43.3 Å². The summed E-state index contributed by atoms with van der Waals surface area (Å²) < 4.78 is 5.11. The Morgan fingerprint density at radius 1 is 1.14 bits per heavy atom. The number of anilines is 2. The largest absolute Gasteiger partial charge is 0.497 e. The number of hydrogen-bond donors (Lipinski definition) is 1. The lowest BCUT2D eigenvalue weighted by molar-refractivity contribution is 0.104. The van der Waals surface area contributed by atoms with Crippen molar-refractivity contribution in [2.75, 3.05) is 31.4 Å². The summed E-state index contributed by atoms with van der Waals surface area (Å²) in [6.07, 6.45) is 3.15. The summed E-state index contributed by atoms with van der Waals surface area (Å²) in [5.41, 5.74) is 2.66. The number of nitrogens with zero attached hydrogens (tertiary/aromatic N) is 1. The van der Waals surface area contributed by atoms with Crippen molar-refractivity contribution in [3.05, 3.63) is 66.4 Å².